The SMILES string of the molecule is COCC(CNS(=O)(=O)c1cccc(CO)c1C)OC. The maximum Gasteiger partial charge on any atom is 0.240 e. The normalized spacial score (nSPS) is 13.4. The van der Waals surface area contributed by atoms with Gasteiger partial charge in [-0.3, -0.25) is 0 Å². The highest BCUT2D eigenvalue weighted by Gasteiger charge is 2.19. The first-order valence-corrected chi connectivity index (χ1v) is 7.65. The van der Waals surface area contributed by atoms with Crippen molar-refractivity contribution in [3.05, 3.63) is 29.3 Å². The van der Waals surface area contributed by atoms with E-state index in [1.807, 2.05) is 0 Å². The van der Waals surface area contributed by atoms with Crippen LogP contribution in [0.15, 0.2) is 23.1 Å². The van der Waals surface area contributed by atoms with Crippen LogP contribution in [0.5, 0.6) is 0 Å². The van der Waals surface area contributed by atoms with Gasteiger partial charge in [0.2, 0.25) is 10.0 Å². The van der Waals surface area contributed by atoms with Crippen LogP contribution >= 0.6 is 0 Å². The highest BCUT2D eigenvalue weighted by Crippen LogP contribution is 2.18. The van der Waals surface area contributed by atoms with Crippen LogP contribution in [0.25, 0.3) is 0 Å². The zero-order valence-electron chi connectivity index (χ0n) is 11.9. The molecule has 114 valence electrons. The van der Waals surface area contributed by atoms with E-state index >= 15 is 0 Å². The summed E-state index contributed by atoms with van der Waals surface area (Å²) in [6.07, 6.45) is -0.351. The van der Waals surface area contributed by atoms with Gasteiger partial charge in [-0.15, -0.1) is 0 Å². The lowest BCUT2D eigenvalue weighted by atomic mass is 10.1. The van der Waals surface area contributed by atoms with E-state index in [0.717, 1.165) is 0 Å². The van der Waals surface area contributed by atoms with E-state index in [1.54, 1.807) is 19.1 Å². The second-order valence-electron chi connectivity index (χ2n) is 4.36. The van der Waals surface area contributed by atoms with Crippen LogP contribution in [0.3, 0.4) is 0 Å². The zero-order chi connectivity index (χ0) is 15.2. The first kappa shape index (κ1) is 17.1. The standard InChI is InChI=1S/C13H21NO5S/c1-10-11(8-15)5-4-6-13(10)20(16,17)14-7-12(19-3)9-18-2/h4-6,12,14-15H,7-9H2,1-3H3. The predicted molar refractivity (Wildman–Crippen MR) is 75.0 cm³/mol. The van der Waals surface area contributed by atoms with E-state index in [0.29, 0.717) is 17.7 Å². The number of benzene rings is 1. The monoisotopic (exact) mass is 303 g/mol. The topological polar surface area (TPSA) is 84.9 Å². The molecule has 6 nitrogen and oxygen atoms in total. The molecule has 20 heavy (non-hydrogen) atoms. The molecule has 1 unspecified atom stereocenters. The van der Waals surface area contributed by atoms with Crippen LogP contribution in [0.2, 0.25) is 0 Å². The van der Waals surface area contributed by atoms with Crippen LogP contribution in [0.1, 0.15) is 11.1 Å². The van der Waals surface area contributed by atoms with E-state index in [1.165, 1.54) is 20.3 Å². The van der Waals surface area contributed by atoms with E-state index < -0.39 is 10.0 Å². The van der Waals surface area contributed by atoms with Gasteiger partial charge in [-0.05, 0) is 24.1 Å². The Morgan fingerprint density at radius 1 is 1.35 bits per heavy atom. The summed E-state index contributed by atoms with van der Waals surface area (Å²) < 4.78 is 37.0. The Morgan fingerprint density at radius 3 is 2.60 bits per heavy atom. The van der Waals surface area contributed by atoms with Crippen molar-refractivity contribution in [2.24, 2.45) is 0 Å². The Balaban J connectivity index is 2.89. The molecule has 7 heteroatoms. The maximum absolute atomic E-state index is 12.3. The number of nitrogens with one attached hydrogen (secondary N) is 1. The number of ether oxygens (including phenoxy) is 2. The molecule has 0 aliphatic rings. The van der Waals surface area contributed by atoms with Gasteiger partial charge in [-0.1, -0.05) is 12.1 Å². The van der Waals surface area contributed by atoms with E-state index in [4.69, 9.17) is 9.47 Å². The van der Waals surface area contributed by atoms with Crippen molar-refractivity contribution in [3.63, 3.8) is 0 Å². The van der Waals surface area contributed by atoms with Crippen molar-refractivity contribution >= 4 is 10.0 Å². The molecule has 0 saturated heterocycles. The van der Waals surface area contributed by atoms with Crippen molar-refractivity contribution in [3.8, 4) is 0 Å². The maximum atomic E-state index is 12.3. The van der Waals surface area contributed by atoms with Gasteiger partial charge in [0, 0.05) is 20.8 Å². The third-order valence-electron chi connectivity index (χ3n) is 3.04. The average Bonchev–Trinajstić information content (AvgIpc) is 2.43. The zero-order valence-corrected chi connectivity index (χ0v) is 12.7. The molecule has 0 spiro atoms. The van der Waals surface area contributed by atoms with Gasteiger partial charge in [-0.2, -0.15) is 0 Å². The Labute approximate surface area is 119 Å². The summed E-state index contributed by atoms with van der Waals surface area (Å²) in [5.74, 6) is 0. The van der Waals surface area contributed by atoms with Crippen LogP contribution < -0.4 is 4.72 Å². The predicted octanol–water partition coefficient (Wildman–Crippen LogP) is 0.427. The average molecular weight is 303 g/mol. The van der Waals surface area contributed by atoms with Crippen LogP contribution in [-0.4, -0.2) is 47.0 Å². The molecule has 0 aromatic heterocycles. The van der Waals surface area contributed by atoms with Gasteiger partial charge >= 0.3 is 0 Å². The molecule has 1 aromatic rings. The third-order valence-corrected chi connectivity index (χ3v) is 4.61. The molecule has 0 radical (unpaired) electrons. The number of hydrogen-bond donors (Lipinski definition) is 2. The van der Waals surface area contributed by atoms with Gasteiger partial charge in [0.25, 0.3) is 0 Å². The first-order chi connectivity index (χ1) is 9.46. The fraction of sp³-hybridized carbons (Fsp3) is 0.538. The fourth-order valence-corrected chi connectivity index (χ4v) is 3.15. The fourth-order valence-electron chi connectivity index (χ4n) is 1.80. The van der Waals surface area contributed by atoms with Gasteiger partial charge in [0.05, 0.1) is 24.2 Å². The minimum Gasteiger partial charge on any atom is -0.392 e. The summed E-state index contributed by atoms with van der Waals surface area (Å²) in [5, 5.41) is 9.18. The van der Waals surface area contributed by atoms with Gasteiger partial charge in [-0.25, -0.2) is 13.1 Å². The number of aliphatic hydroxyl groups excluding tert-OH is 1. The van der Waals surface area contributed by atoms with Crippen molar-refractivity contribution in [2.45, 2.75) is 24.5 Å². The first-order valence-electron chi connectivity index (χ1n) is 6.17. The molecular formula is C13H21NO5S. The molecule has 0 amide bonds. The summed E-state index contributed by atoms with van der Waals surface area (Å²) in [4.78, 5) is 0.163. The Kier molecular flexibility index (Phi) is 6.57. The van der Waals surface area contributed by atoms with Crippen molar-refractivity contribution in [2.75, 3.05) is 27.4 Å². The molecule has 0 bridgehead atoms. The minimum absolute atomic E-state index is 0.121. The van der Waals surface area contributed by atoms with Crippen LogP contribution in [0.4, 0.5) is 0 Å². The van der Waals surface area contributed by atoms with E-state index in [9.17, 15) is 13.5 Å². The smallest absolute Gasteiger partial charge is 0.240 e. The minimum atomic E-state index is -3.64. The van der Waals surface area contributed by atoms with Crippen LogP contribution in [-0.2, 0) is 26.1 Å². The van der Waals surface area contributed by atoms with Crippen molar-refractivity contribution in [1.82, 2.24) is 4.72 Å². The summed E-state index contributed by atoms with van der Waals surface area (Å²) in [5.41, 5.74) is 1.14. The molecule has 0 aliphatic carbocycles. The lowest BCUT2D eigenvalue weighted by Gasteiger charge is -2.16. The molecule has 1 rings (SSSR count). The van der Waals surface area contributed by atoms with Gasteiger partial charge in [0.15, 0.2) is 0 Å². The van der Waals surface area contributed by atoms with Crippen molar-refractivity contribution in [1.29, 1.82) is 0 Å². The summed E-state index contributed by atoms with van der Waals surface area (Å²) in [6.45, 7) is 1.90. The Bertz CT molecular complexity index is 530. The Hall–Kier alpha value is -0.990. The quantitative estimate of drug-likeness (QED) is 0.727. The van der Waals surface area contributed by atoms with Crippen LogP contribution in [0, 0.1) is 6.92 Å². The third kappa shape index (κ3) is 4.26. The summed E-state index contributed by atoms with van der Waals surface area (Å²) >= 11 is 0. The molecular weight excluding hydrogens is 282 g/mol. The Morgan fingerprint density at radius 2 is 2.05 bits per heavy atom. The molecule has 1 atom stereocenters. The summed E-state index contributed by atoms with van der Waals surface area (Å²) in [6, 6.07) is 4.81. The molecule has 0 saturated carbocycles. The lowest BCUT2D eigenvalue weighted by Crippen LogP contribution is -2.35. The largest absolute Gasteiger partial charge is 0.392 e. The molecule has 1 aromatic carbocycles. The number of aliphatic hydroxyl groups is 1. The van der Waals surface area contributed by atoms with Gasteiger partial charge in [0.1, 0.15) is 0 Å². The number of sulfonamides is 1. The lowest BCUT2D eigenvalue weighted by molar-refractivity contribution is 0.0320. The highest BCUT2D eigenvalue weighted by atomic mass is 32.2. The number of hydrogen-bond acceptors (Lipinski definition) is 5. The number of methoxy groups -OCH3 is 2. The van der Waals surface area contributed by atoms with Gasteiger partial charge < -0.3 is 14.6 Å². The highest BCUT2D eigenvalue weighted by molar-refractivity contribution is 7.89. The van der Waals surface area contributed by atoms with Crippen molar-refractivity contribution < 1.29 is 23.0 Å². The molecule has 0 aliphatic heterocycles. The van der Waals surface area contributed by atoms with E-state index in [2.05, 4.69) is 4.72 Å². The second kappa shape index (κ2) is 7.70. The molecule has 2 N–H and O–H groups in total. The second-order valence-corrected chi connectivity index (χ2v) is 6.10. The molecule has 0 fully saturated rings. The summed E-state index contributed by atoms with van der Waals surface area (Å²) in [7, 11) is -0.625. The molecule has 0 heterocycles. The number of rotatable bonds is 8. The van der Waals surface area contributed by atoms with E-state index in [-0.39, 0.29) is 24.2 Å².